The molecule has 0 saturated heterocycles. The molecule has 0 aromatic heterocycles. The van der Waals surface area contributed by atoms with Gasteiger partial charge in [-0.15, -0.1) is 0 Å². The Bertz CT molecular complexity index is 257. The SMILES string of the molecule is Clc1[c]cc(C2CCCCC2)cc1. The first-order chi connectivity index (χ1) is 6.36. The molecule has 1 heteroatoms. The van der Waals surface area contributed by atoms with Crippen LogP contribution in [0.4, 0.5) is 0 Å². The molecule has 69 valence electrons. The molecule has 1 saturated carbocycles. The smallest absolute Gasteiger partial charge is 0.0485 e. The molecule has 0 N–H and O–H groups in total. The summed E-state index contributed by atoms with van der Waals surface area (Å²) in [5.41, 5.74) is 1.42. The van der Waals surface area contributed by atoms with Crippen molar-refractivity contribution in [2.24, 2.45) is 0 Å². The van der Waals surface area contributed by atoms with E-state index in [1.165, 1.54) is 37.7 Å². The van der Waals surface area contributed by atoms with Gasteiger partial charge in [0.15, 0.2) is 0 Å². The Kier molecular flexibility index (Phi) is 2.90. The van der Waals surface area contributed by atoms with Crippen LogP contribution in [0.1, 0.15) is 43.6 Å². The molecule has 2 rings (SSSR count). The minimum absolute atomic E-state index is 0.722. The fourth-order valence-corrected chi connectivity index (χ4v) is 2.23. The van der Waals surface area contributed by atoms with E-state index < -0.39 is 0 Å². The topological polar surface area (TPSA) is 0 Å². The lowest BCUT2D eigenvalue weighted by Crippen LogP contribution is -2.03. The zero-order chi connectivity index (χ0) is 9.10. The third-order valence-electron chi connectivity index (χ3n) is 2.88. The van der Waals surface area contributed by atoms with Crippen LogP contribution in [0.5, 0.6) is 0 Å². The van der Waals surface area contributed by atoms with E-state index in [1.54, 1.807) is 0 Å². The summed E-state index contributed by atoms with van der Waals surface area (Å²) in [5, 5.41) is 0.722. The van der Waals surface area contributed by atoms with E-state index >= 15 is 0 Å². The van der Waals surface area contributed by atoms with Crippen molar-refractivity contribution in [3.8, 4) is 0 Å². The first-order valence-corrected chi connectivity index (χ1v) is 5.41. The average molecular weight is 194 g/mol. The quantitative estimate of drug-likeness (QED) is 0.628. The lowest BCUT2D eigenvalue weighted by Gasteiger charge is -2.21. The fourth-order valence-electron chi connectivity index (χ4n) is 2.11. The Morgan fingerprint density at radius 1 is 1.15 bits per heavy atom. The van der Waals surface area contributed by atoms with E-state index in [9.17, 15) is 0 Å². The van der Waals surface area contributed by atoms with Gasteiger partial charge in [0.1, 0.15) is 0 Å². The highest BCUT2D eigenvalue weighted by molar-refractivity contribution is 6.30. The molecule has 0 aliphatic heterocycles. The van der Waals surface area contributed by atoms with E-state index in [0.29, 0.717) is 0 Å². The molecule has 1 fully saturated rings. The summed E-state index contributed by atoms with van der Waals surface area (Å²) in [5.74, 6) is 0.766. The van der Waals surface area contributed by atoms with Crippen LogP contribution in [-0.2, 0) is 0 Å². The van der Waals surface area contributed by atoms with Crippen LogP contribution in [-0.4, -0.2) is 0 Å². The minimum Gasteiger partial charge on any atom is -0.0837 e. The maximum Gasteiger partial charge on any atom is 0.0485 e. The van der Waals surface area contributed by atoms with Gasteiger partial charge in [-0.25, -0.2) is 0 Å². The molecule has 1 aliphatic rings. The Morgan fingerprint density at radius 2 is 1.92 bits per heavy atom. The molecular weight excluding hydrogens is 180 g/mol. The summed E-state index contributed by atoms with van der Waals surface area (Å²) >= 11 is 5.80. The zero-order valence-corrected chi connectivity index (χ0v) is 8.48. The lowest BCUT2D eigenvalue weighted by atomic mass is 9.84. The van der Waals surface area contributed by atoms with E-state index in [2.05, 4.69) is 18.2 Å². The molecule has 13 heavy (non-hydrogen) atoms. The highest BCUT2D eigenvalue weighted by Gasteiger charge is 2.14. The molecule has 1 aromatic rings. The Morgan fingerprint density at radius 3 is 2.54 bits per heavy atom. The van der Waals surface area contributed by atoms with Crippen molar-refractivity contribution in [3.05, 3.63) is 34.9 Å². The monoisotopic (exact) mass is 193 g/mol. The average Bonchev–Trinajstić information content (AvgIpc) is 2.20. The summed E-state index contributed by atoms with van der Waals surface area (Å²) in [6.07, 6.45) is 6.86. The molecule has 1 aromatic carbocycles. The summed E-state index contributed by atoms with van der Waals surface area (Å²) in [7, 11) is 0. The van der Waals surface area contributed by atoms with Crippen molar-refractivity contribution in [2.75, 3.05) is 0 Å². The van der Waals surface area contributed by atoms with E-state index in [-0.39, 0.29) is 0 Å². The van der Waals surface area contributed by atoms with Crippen LogP contribution < -0.4 is 0 Å². The zero-order valence-electron chi connectivity index (χ0n) is 7.72. The highest BCUT2D eigenvalue weighted by atomic mass is 35.5. The Balaban J connectivity index is 2.10. The second kappa shape index (κ2) is 4.15. The van der Waals surface area contributed by atoms with Gasteiger partial charge in [-0.05, 0) is 36.5 Å². The summed E-state index contributed by atoms with van der Waals surface area (Å²) in [6.45, 7) is 0. The molecule has 0 unspecified atom stereocenters. The van der Waals surface area contributed by atoms with Gasteiger partial charge in [-0.3, -0.25) is 0 Å². The molecule has 0 atom stereocenters. The van der Waals surface area contributed by atoms with Crippen molar-refractivity contribution in [1.82, 2.24) is 0 Å². The van der Waals surface area contributed by atoms with Gasteiger partial charge >= 0.3 is 0 Å². The van der Waals surface area contributed by atoms with Gasteiger partial charge in [-0.2, -0.15) is 0 Å². The summed E-state index contributed by atoms with van der Waals surface area (Å²) in [6, 6.07) is 9.21. The number of halogens is 1. The first kappa shape index (κ1) is 9.08. The van der Waals surface area contributed by atoms with Gasteiger partial charge in [0.05, 0.1) is 0 Å². The summed E-state index contributed by atoms with van der Waals surface area (Å²) < 4.78 is 0. The molecule has 1 radical (unpaired) electrons. The molecule has 0 spiro atoms. The van der Waals surface area contributed by atoms with Crippen LogP contribution in [0.3, 0.4) is 0 Å². The number of rotatable bonds is 1. The third kappa shape index (κ3) is 2.25. The molecule has 1 aliphatic carbocycles. The van der Waals surface area contributed by atoms with Crippen molar-refractivity contribution < 1.29 is 0 Å². The predicted octanol–water partition coefficient (Wildman–Crippen LogP) is 4.19. The lowest BCUT2D eigenvalue weighted by molar-refractivity contribution is 0.443. The van der Waals surface area contributed by atoms with Crippen LogP contribution in [0.25, 0.3) is 0 Å². The van der Waals surface area contributed by atoms with Gasteiger partial charge in [-0.1, -0.05) is 36.9 Å². The second-order valence-electron chi connectivity index (χ2n) is 3.80. The first-order valence-electron chi connectivity index (χ1n) is 5.03. The van der Waals surface area contributed by atoms with Gasteiger partial charge in [0.25, 0.3) is 0 Å². The van der Waals surface area contributed by atoms with E-state index in [4.69, 9.17) is 11.6 Å². The number of benzene rings is 1. The maximum absolute atomic E-state index is 5.80. The van der Waals surface area contributed by atoms with Crippen molar-refractivity contribution in [3.63, 3.8) is 0 Å². The number of hydrogen-bond donors (Lipinski definition) is 0. The van der Waals surface area contributed by atoms with Gasteiger partial charge < -0.3 is 0 Å². The summed E-state index contributed by atoms with van der Waals surface area (Å²) in [4.78, 5) is 0. The van der Waals surface area contributed by atoms with Gasteiger partial charge in [0.2, 0.25) is 0 Å². The molecule has 0 amide bonds. The van der Waals surface area contributed by atoms with Gasteiger partial charge in [0, 0.05) is 11.1 Å². The fraction of sp³-hybridized carbons (Fsp3) is 0.500. The van der Waals surface area contributed by atoms with Crippen LogP contribution in [0.2, 0.25) is 5.02 Å². The van der Waals surface area contributed by atoms with Crippen LogP contribution in [0.15, 0.2) is 18.2 Å². The molecular formula is C12H14Cl. The van der Waals surface area contributed by atoms with Crippen molar-refractivity contribution in [1.29, 1.82) is 0 Å². The Hall–Kier alpha value is -0.490. The number of hydrogen-bond acceptors (Lipinski definition) is 0. The molecule has 0 bridgehead atoms. The van der Waals surface area contributed by atoms with E-state index in [1.807, 2.05) is 6.07 Å². The maximum atomic E-state index is 5.80. The molecule has 0 nitrogen and oxygen atoms in total. The van der Waals surface area contributed by atoms with Crippen molar-refractivity contribution >= 4 is 11.6 Å². The largest absolute Gasteiger partial charge is 0.0837 e. The Labute approximate surface area is 84.9 Å². The molecule has 0 heterocycles. The predicted molar refractivity (Wildman–Crippen MR) is 56.1 cm³/mol. The third-order valence-corrected chi connectivity index (χ3v) is 3.11. The minimum atomic E-state index is 0.722. The van der Waals surface area contributed by atoms with Crippen molar-refractivity contribution in [2.45, 2.75) is 38.0 Å². The normalized spacial score (nSPS) is 18.8. The second-order valence-corrected chi connectivity index (χ2v) is 4.21. The highest BCUT2D eigenvalue weighted by Crippen LogP contribution is 2.32. The standard InChI is InChI=1S/C12H14Cl/c13-12-8-6-11(7-9-12)10-4-2-1-3-5-10/h6-8,10H,1-5H2. The van der Waals surface area contributed by atoms with Crippen LogP contribution >= 0.6 is 11.6 Å². The van der Waals surface area contributed by atoms with E-state index in [0.717, 1.165) is 10.9 Å². The van der Waals surface area contributed by atoms with Crippen LogP contribution in [0, 0.1) is 6.07 Å².